The van der Waals surface area contributed by atoms with E-state index in [0.29, 0.717) is 5.92 Å². The van der Waals surface area contributed by atoms with Gasteiger partial charge in [0, 0.05) is 0 Å². The molecule has 0 radical (unpaired) electrons. The minimum absolute atomic E-state index is 0.364. The van der Waals surface area contributed by atoms with Crippen LogP contribution in [-0.4, -0.2) is 11.2 Å². The van der Waals surface area contributed by atoms with E-state index in [0.717, 1.165) is 44.4 Å². The Morgan fingerprint density at radius 3 is 2.26 bits per heavy atom. The number of hydrogen-bond acceptors (Lipinski definition) is 2. The third-order valence-electron chi connectivity index (χ3n) is 5.46. The van der Waals surface area contributed by atoms with E-state index in [1.54, 1.807) is 0 Å². The normalized spacial score (nSPS) is 33.7. The average molecular weight is 263 g/mol. The van der Waals surface area contributed by atoms with Gasteiger partial charge in [0.2, 0.25) is 0 Å². The molecule has 19 heavy (non-hydrogen) atoms. The highest BCUT2D eigenvalue weighted by Gasteiger charge is 2.42. The quantitative estimate of drug-likeness (QED) is 0.801. The summed E-state index contributed by atoms with van der Waals surface area (Å²) in [5.74, 6) is 1.08. The Morgan fingerprint density at radius 1 is 1.05 bits per heavy atom. The maximum absolute atomic E-state index is 10.9. The minimum Gasteiger partial charge on any atom is -0.391 e. The molecule has 0 bridgehead atoms. The van der Waals surface area contributed by atoms with Crippen LogP contribution in [-0.2, 0) is 0 Å². The Balaban J connectivity index is 2.07. The lowest BCUT2D eigenvalue weighted by atomic mass is 9.66. The van der Waals surface area contributed by atoms with Gasteiger partial charge in [-0.15, -0.1) is 0 Å². The van der Waals surface area contributed by atoms with Crippen molar-refractivity contribution in [3.05, 3.63) is 0 Å². The summed E-state index contributed by atoms with van der Waals surface area (Å²) in [4.78, 5) is 0. The lowest BCUT2D eigenvalue weighted by molar-refractivity contribution is -0.0204. The van der Waals surface area contributed by atoms with E-state index in [1.807, 2.05) is 0 Å². The van der Waals surface area contributed by atoms with Crippen molar-refractivity contribution in [2.45, 2.75) is 83.7 Å². The molecule has 2 aliphatic rings. The van der Waals surface area contributed by atoms with Gasteiger partial charge in [0.25, 0.3) is 0 Å². The fourth-order valence-corrected chi connectivity index (χ4v) is 4.23. The van der Waals surface area contributed by atoms with Gasteiger partial charge in [0.15, 0.2) is 0 Å². The Bertz CT molecular complexity index is 312. The van der Waals surface area contributed by atoms with Gasteiger partial charge in [-0.2, -0.15) is 5.26 Å². The van der Waals surface area contributed by atoms with Crippen LogP contribution in [0, 0.1) is 28.6 Å². The summed E-state index contributed by atoms with van der Waals surface area (Å²) in [5.41, 5.74) is -0.442. The van der Waals surface area contributed by atoms with Gasteiger partial charge in [0.05, 0.1) is 17.6 Å². The van der Waals surface area contributed by atoms with Gasteiger partial charge in [-0.1, -0.05) is 51.9 Å². The molecule has 2 heteroatoms. The zero-order valence-electron chi connectivity index (χ0n) is 12.4. The molecule has 0 aromatic carbocycles. The second-order valence-corrected chi connectivity index (χ2v) is 7.01. The van der Waals surface area contributed by atoms with Crippen LogP contribution in [0.2, 0.25) is 0 Å². The summed E-state index contributed by atoms with van der Waals surface area (Å²) in [6.07, 6.45) is 12.2. The summed E-state index contributed by atoms with van der Waals surface area (Å²) in [6.45, 7) is 2.29. The van der Waals surface area contributed by atoms with Crippen molar-refractivity contribution in [1.29, 1.82) is 5.26 Å². The average Bonchev–Trinajstić information content (AvgIpc) is 2.39. The van der Waals surface area contributed by atoms with Crippen LogP contribution in [0.25, 0.3) is 0 Å². The minimum atomic E-state index is -0.442. The summed E-state index contributed by atoms with van der Waals surface area (Å²) >= 11 is 0. The topological polar surface area (TPSA) is 44.0 Å². The first-order chi connectivity index (χ1) is 9.18. The van der Waals surface area contributed by atoms with Crippen molar-refractivity contribution >= 4 is 0 Å². The predicted molar refractivity (Wildman–Crippen MR) is 77.5 cm³/mol. The number of aliphatic hydroxyl groups is 1. The molecule has 0 aromatic rings. The smallest absolute Gasteiger partial charge is 0.0835 e. The van der Waals surface area contributed by atoms with Crippen molar-refractivity contribution in [2.24, 2.45) is 17.3 Å². The third kappa shape index (κ3) is 3.51. The second-order valence-electron chi connectivity index (χ2n) is 7.01. The van der Waals surface area contributed by atoms with Gasteiger partial charge >= 0.3 is 0 Å². The van der Waals surface area contributed by atoms with Crippen molar-refractivity contribution in [2.75, 3.05) is 0 Å². The van der Waals surface area contributed by atoms with Crippen LogP contribution in [0.15, 0.2) is 0 Å². The largest absolute Gasteiger partial charge is 0.391 e. The fraction of sp³-hybridized carbons (Fsp3) is 0.941. The third-order valence-corrected chi connectivity index (χ3v) is 5.46. The molecular formula is C17H29NO. The van der Waals surface area contributed by atoms with Crippen LogP contribution >= 0.6 is 0 Å². The van der Waals surface area contributed by atoms with Crippen LogP contribution < -0.4 is 0 Å². The van der Waals surface area contributed by atoms with Crippen molar-refractivity contribution < 1.29 is 5.11 Å². The van der Waals surface area contributed by atoms with Crippen LogP contribution in [0.1, 0.15) is 77.6 Å². The summed E-state index contributed by atoms with van der Waals surface area (Å²) in [5, 5.41) is 20.6. The van der Waals surface area contributed by atoms with E-state index in [1.165, 1.54) is 32.1 Å². The molecule has 2 nitrogen and oxygen atoms in total. The molecule has 2 rings (SSSR count). The first kappa shape index (κ1) is 14.9. The summed E-state index contributed by atoms with van der Waals surface area (Å²) < 4.78 is 0. The maximum Gasteiger partial charge on any atom is 0.0835 e. The molecule has 0 saturated heterocycles. The SMILES string of the molecule is CC1CCCC(C(O)C2(C#N)CCCCCCC2)C1. The molecule has 0 spiro atoms. The Hall–Kier alpha value is -0.550. The molecule has 108 valence electrons. The molecule has 3 atom stereocenters. The van der Waals surface area contributed by atoms with E-state index < -0.39 is 11.5 Å². The lowest BCUT2D eigenvalue weighted by Gasteiger charge is -2.40. The van der Waals surface area contributed by atoms with Gasteiger partial charge in [-0.05, 0) is 37.5 Å². The van der Waals surface area contributed by atoms with E-state index in [4.69, 9.17) is 0 Å². The first-order valence-corrected chi connectivity index (χ1v) is 8.27. The molecule has 2 fully saturated rings. The molecule has 2 saturated carbocycles. The van der Waals surface area contributed by atoms with E-state index in [2.05, 4.69) is 13.0 Å². The van der Waals surface area contributed by atoms with Crippen LogP contribution in [0.3, 0.4) is 0 Å². The summed E-state index contributed by atoms with van der Waals surface area (Å²) in [6, 6.07) is 2.55. The van der Waals surface area contributed by atoms with Crippen LogP contribution in [0.5, 0.6) is 0 Å². The number of hydrogen-bond donors (Lipinski definition) is 1. The van der Waals surface area contributed by atoms with Gasteiger partial charge in [-0.25, -0.2) is 0 Å². The molecule has 0 aromatic heterocycles. The van der Waals surface area contributed by atoms with Gasteiger partial charge < -0.3 is 5.11 Å². The maximum atomic E-state index is 10.9. The van der Waals surface area contributed by atoms with Crippen molar-refractivity contribution in [1.82, 2.24) is 0 Å². The molecule has 0 aliphatic heterocycles. The molecule has 3 unspecified atom stereocenters. The van der Waals surface area contributed by atoms with E-state index in [-0.39, 0.29) is 0 Å². The molecule has 0 heterocycles. The number of nitriles is 1. The van der Waals surface area contributed by atoms with Gasteiger partial charge in [-0.3, -0.25) is 0 Å². The highest BCUT2D eigenvalue weighted by Crippen LogP contribution is 2.43. The standard InChI is InChI=1S/C17H29NO/c1-14-8-7-9-15(12-14)16(19)17(13-18)10-5-3-2-4-6-11-17/h14-16,19H,2-12H2,1H3. The molecule has 0 amide bonds. The highest BCUT2D eigenvalue weighted by atomic mass is 16.3. The fourth-order valence-electron chi connectivity index (χ4n) is 4.23. The predicted octanol–water partition coefficient (Wildman–Crippen LogP) is 4.43. The lowest BCUT2D eigenvalue weighted by Crippen LogP contribution is -2.41. The molecule has 2 aliphatic carbocycles. The highest BCUT2D eigenvalue weighted by molar-refractivity contribution is 5.06. The number of aliphatic hydroxyl groups excluding tert-OH is 1. The molecule has 1 N–H and O–H groups in total. The zero-order valence-corrected chi connectivity index (χ0v) is 12.4. The van der Waals surface area contributed by atoms with E-state index >= 15 is 0 Å². The van der Waals surface area contributed by atoms with E-state index in [9.17, 15) is 10.4 Å². The van der Waals surface area contributed by atoms with Crippen molar-refractivity contribution in [3.63, 3.8) is 0 Å². The summed E-state index contributed by atoms with van der Waals surface area (Å²) in [7, 11) is 0. The first-order valence-electron chi connectivity index (χ1n) is 8.27. The Morgan fingerprint density at radius 2 is 1.68 bits per heavy atom. The number of nitrogens with zero attached hydrogens (tertiary/aromatic N) is 1. The Labute approximate surface area is 118 Å². The number of rotatable bonds is 2. The molecular weight excluding hydrogens is 234 g/mol. The zero-order chi connectivity index (χ0) is 13.7. The van der Waals surface area contributed by atoms with Crippen molar-refractivity contribution in [3.8, 4) is 6.07 Å². The van der Waals surface area contributed by atoms with Crippen LogP contribution in [0.4, 0.5) is 0 Å². The van der Waals surface area contributed by atoms with Gasteiger partial charge in [0.1, 0.15) is 0 Å². The monoisotopic (exact) mass is 263 g/mol. The second kappa shape index (κ2) is 6.75. The Kier molecular flexibility index (Phi) is 5.28.